The standard InChI is InChI=1S/C26H23ClN2O3/c27-22-13-6-4-11-20(22)26(31)29(18-19-9-2-1-3-10-19)16-8-15-28-23-17-25(30)32-24-14-7-5-12-21(23)24/h1-7,9-14,17,28H,8,15-16,18H2. The maximum atomic E-state index is 13.2. The van der Waals surface area contributed by atoms with E-state index >= 15 is 0 Å². The first-order valence-electron chi connectivity index (χ1n) is 10.5. The Morgan fingerprint density at radius 3 is 2.47 bits per heavy atom. The van der Waals surface area contributed by atoms with Crippen molar-refractivity contribution >= 4 is 34.2 Å². The molecule has 0 aliphatic rings. The Hall–Kier alpha value is -3.57. The third-order valence-electron chi connectivity index (χ3n) is 5.18. The van der Waals surface area contributed by atoms with Gasteiger partial charge in [0, 0.05) is 31.1 Å². The van der Waals surface area contributed by atoms with Crippen LogP contribution >= 0.6 is 11.6 Å². The van der Waals surface area contributed by atoms with Crippen molar-refractivity contribution in [1.82, 2.24) is 4.90 Å². The molecule has 1 amide bonds. The molecule has 162 valence electrons. The average Bonchev–Trinajstić information content (AvgIpc) is 2.81. The summed E-state index contributed by atoms with van der Waals surface area (Å²) in [5, 5.41) is 4.60. The SMILES string of the molecule is O=C(c1ccccc1Cl)N(CCCNc1cc(=O)oc2ccccc12)Cc1ccccc1. The number of carbonyl (C=O) groups excluding carboxylic acids is 1. The zero-order valence-corrected chi connectivity index (χ0v) is 18.2. The molecule has 0 saturated heterocycles. The Labute approximate surface area is 191 Å². The number of benzene rings is 3. The number of nitrogens with one attached hydrogen (secondary N) is 1. The summed E-state index contributed by atoms with van der Waals surface area (Å²) < 4.78 is 5.24. The number of hydrogen-bond donors (Lipinski definition) is 1. The Kier molecular flexibility index (Phi) is 6.87. The number of nitrogens with zero attached hydrogens (tertiary/aromatic N) is 1. The van der Waals surface area contributed by atoms with Gasteiger partial charge in [-0.2, -0.15) is 0 Å². The lowest BCUT2D eigenvalue weighted by molar-refractivity contribution is 0.0743. The van der Waals surface area contributed by atoms with Gasteiger partial charge < -0.3 is 14.6 Å². The van der Waals surface area contributed by atoms with Crippen molar-refractivity contribution in [2.45, 2.75) is 13.0 Å². The molecule has 0 fully saturated rings. The molecule has 0 spiro atoms. The summed E-state index contributed by atoms with van der Waals surface area (Å²) in [6, 6.07) is 25.8. The van der Waals surface area contributed by atoms with E-state index in [-0.39, 0.29) is 5.91 Å². The van der Waals surface area contributed by atoms with Crippen LogP contribution in [-0.4, -0.2) is 23.9 Å². The molecule has 6 heteroatoms. The second-order valence-corrected chi connectivity index (χ2v) is 7.85. The highest BCUT2D eigenvalue weighted by molar-refractivity contribution is 6.33. The quantitative estimate of drug-likeness (QED) is 0.283. The van der Waals surface area contributed by atoms with Gasteiger partial charge in [-0.05, 0) is 36.2 Å². The average molecular weight is 447 g/mol. The molecule has 0 unspecified atom stereocenters. The van der Waals surface area contributed by atoms with Crippen molar-refractivity contribution in [3.63, 3.8) is 0 Å². The molecule has 1 heterocycles. The van der Waals surface area contributed by atoms with Gasteiger partial charge in [-0.3, -0.25) is 4.79 Å². The highest BCUT2D eigenvalue weighted by Crippen LogP contribution is 2.21. The molecule has 4 rings (SSSR count). The number of para-hydroxylation sites is 1. The molecule has 0 bridgehead atoms. The highest BCUT2D eigenvalue weighted by Gasteiger charge is 2.18. The normalized spacial score (nSPS) is 10.8. The number of halogens is 1. The predicted octanol–water partition coefficient (Wildman–Crippen LogP) is 5.59. The number of amides is 1. The van der Waals surface area contributed by atoms with E-state index in [0.717, 1.165) is 16.6 Å². The van der Waals surface area contributed by atoms with Crippen LogP contribution in [-0.2, 0) is 6.54 Å². The summed E-state index contributed by atoms with van der Waals surface area (Å²) in [5.74, 6) is -0.106. The van der Waals surface area contributed by atoms with Crippen LogP contribution in [0.25, 0.3) is 11.0 Å². The van der Waals surface area contributed by atoms with E-state index in [1.54, 1.807) is 23.1 Å². The lowest BCUT2D eigenvalue weighted by Crippen LogP contribution is -2.32. The van der Waals surface area contributed by atoms with Gasteiger partial charge in [-0.15, -0.1) is 0 Å². The van der Waals surface area contributed by atoms with Crippen LogP contribution in [0, 0.1) is 0 Å². The van der Waals surface area contributed by atoms with Gasteiger partial charge >= 0.3 is 5.63 Å². The number of anilines is 1. The van der Waals surface area contributed by atoms with Gasteiger partial charge in [-0.25, -0.2) is 4.79 Å². The van der Waals surface area contributed by atoms with Gasteiger partial charge in [0.05, 0.1) is 16.3 Å². The molecule has 0 aliphatic carbocycles. The summed E-state index contributed by atoms with van der Waals surface area (Å²) in [6.45, 7) is 1.61. The largest absolute Gasteiger partial charge is 0.423 e. The van der Waals surface area contributed by atoms with Crippen LogP contribution < -0.4 is 10.9 Å². The first-order chi connectivity index (χ1) is 15.6. The fourth-order valence-electron chi connectivity index (χ4n) is 3.61. The molecule has 0 radical (unpaired) electrons. The van der Waals surface area contributed by atoms with E-state index in [4.69, 9.17) is 16.0 Å². The van der Waals surface area contributed by atoms with Crippen molar-refractivity contribution in [3.8, 4) is 0 Å². The third kappa shape index (κ3) is 5.18. The van der Waals surface area contributed by atoms with E-state index in [1.807, 2.05) is 60.7 Å². The van der Waals surface area contributed by atoms with Crippen LogP contribution in [0.2, 0.25) is 5.02 Å². The lowest BCUT2D eigenvalue weighted by Gasteiger charge is -2.24. The van der Waals surface area contributed by atoms with Crippen molar-refractivity contribution in [1.29, 1.82) is 0 Å². The maximum Gasteiger partial charge on any atom is 0.338 e. The molecule has 1 N–H and O–H groups in total. The smallest absolute Gasteiger partial charge is 0.338 e. The van der Waals surface area contributed by atoms with Crippen LogP contribution in [0.5, 0.6) is 0 Å². The van der Waals surface area contributed by atoms with E-state index in [9.17, 15) is 9.59 Å². The molecule has 0 atom stereocenters. The summed E-state index contributed by atoms with van der Waals surface area (Å²) in [4.78, 5) is 26.9. The number of hydrogen-bond acceptors (Lipinski definition) is 4. The molecule has 0 saturated carbocycles. The first-order valence-corrected chi connectivity index (χ1v) is 10.8. The van der Waals surface area contributed by atoms with Crippen LogP contribution in [0.4, 0.5) is 5.69 Å². The summed E-state index contributed by atoms with van der Waals surface area (Å²) in [6.07, 6.45) is 0.692. The Morgan fingerprint density at radius 2 is 1.66 bits per heavy atom. The number of carbonyl (C=O) groups is 1. The molecule has 3 aromatic carbocycles. The fourth-order valence-corrected chi connectivity index (χ4v) is 3.83. The molecule has 1 aromatic heterocycles. The Morgan fingerprint density at radius 1 is 0.938 bits per heavy atom. The van der Waals surface area contributed by atoms with Crippen LogP contribution in [0.1, 0.15) is 22.3 Å². The van der Waals surface area contributed by atoms with E-state index in [2.05, 4.69) is 5.32 Å². The minimum Gasteiger partial charge on any atom is -0.423 e. The summed E-state index contributed by atoms with van der Waals surface area (Å²) in [7, 11) is 0. The zero-order valence-electron chi connectivity index (χ0n) is 17.5. The van der Waals surface area contributed by atoms with Gasteiger partial charge in [0.2, 0.25) is 0 Å². The van der Waals surface area contributed by atoms with Crippen LogP contribution in [0.15, 0.2) is 94.1 Å². The molecular formula is C26H23ClN2O3. The third-order valence-corrected chi connectivity index (χ3v) is 5.51. The van der Waals surface area contributed by atoms with Crippen molar-refractivity contribution in [2.75, 3.05) is 18.4 Å². The second-order valence-electron chi connectivity index (χ2n) is 7.45. The predicted molar refractivity (Wildman–Crippen MR) is 128 cm³/mol. The van der Waals surface area contributed by atoms with E-state index in [0.29, 0.717) is 42.2 Å². The van der Waals surface area contributed by atoms with Crippen molar-refractivity contribution in [3.05, 3.63) is 111 Å². The lowest BCUT2D eigenvalue weighted by atomic mass is 10.1. The molecule has 0 aliphatic heterocycles. The number of rotatable bonds is 8. The molecular weight excluding hydrogens is 424 g/mol. The monoisotopic (exact) mass is 446 g/mol. The number of fused-ring (bicyclic) bond motifs is 1. The second kappa shape index (κ2) is 10.2. The van der Waals surface area contributed by atoms with Crippen molar-refractivity contribution in [2.24, 2.45) is 0 Å². The van der Waals surface area contributed by atoms with Gasteiger partial charge in [0.25, 0.3) is 5.91 Å². The molecule has 32 heavy (non-hydrogen) atoms. The van der Waals surface area contributed by atoms with E-state index in [1.165, 1.54) is 6.07 Å². The summed E-state index contributed by atoms with van der Waals surface area (Å²) in [5.41, 5.74) is 2.41. The van der Waals surface area contributed by atoms with Crippen molar-refractivity contribution < 1.29 is 9.21 Å². The van der Waals surface area contributed by atoms with Gasteiger partial charge in [0.1, 0.15) is 5.58 Å². The Bertz CT molecular complexity index is 1270. The topological polar surface area (TPSA) is 62.6 Å². The molecule has 4 aromatic rings. The molecule has 5 nitrogen and oxygen atoms in total. The highest BCUT2D eigenvalue weighted by atomic mass is 35.5. The minimum atomic E-state index is -0.397. The minimum absolute atomic E-state index is 0.106. The van der Waals surface area contributed by atoms with E-state index < -0.39 is 5.63 Å². The zero-order chi connectivity index (χ0) is 22.3. The first kappa shape index (κ1) is 21.7. The van der Waals surface area contributed by atoms with Gasteiger partial charge in [0.15, 0.2) is 0 Å². The van der Waals surface area contributed by atoms with Gasteiger partial charge in [-0.1, -0.05) is 66.2 Å². The van der Waals surface area contributed by atoms with Crippen LogP contribution in [0.3, 0.4) is 0 Å². The Balaban J connectivity index is 1.46. The summed E-state index contributed by atoms with van der Waals surface area (Å²) >= 11 is 6.28. The fraction of sp³-hybridized carbons (Fsp3) is 0.154. The maximum absolute atomic E-state index is 13.2.